The molecule has 5 heteroatoms. The summed E-state index contributed by atoms with van der Waals surface area (Å²) >= 11 is 0. The Morgan fingerprint density at radius 1 is 1.19 bits per heavy atom. The predicted octanol–water partition coefficient (Wildman–Crippen LogP) is 3.83. The fourth-order valence-corrected chi connectivity index (χ4v) is 6.51. The van der Waals surface area contributed by atoms with Gasteiger partial charge in [0.05, 0.1) is 12.0 Å². The Kier molecular flexibility index (Phi) is 4.43. The molecule has 0 N–H and O–H groups in total. The molecule has 27 heavy (non-hydrogen) atoms. The molecule has 5 rings (SSSR count). The van der Waals surface area contributed by atoms with Gasteiger partial charge in [-0.1, -0.05) is 20.8 Å². The Labute approximate surface area is 161 Å². The van der Waals surface area contributed by atoms with Crippen molar-refractivity contribution < 1.29 is 23.9 Å². The minimum atomic E-state index is -0.734. The zero-order chi connectivity index (χ0) is 19.4. The van der Waals surface area contributed by atoms with Gasteiger partial charge in [-0.3, -0.25) is 9.59 Å². The van der Waals surface area contributed by atoms with Crippen molar-refractivity contribution >= 4 is 17.7 Å². The van der Waals surface area contributed by atoms with Crippen LogP contribution in [-0.4, -0.2) is 30.4 Å². The minimum Gasteiger partial charge on any atom is -0.463 e. The number of Topliss-reactive ketones (excluding diaryl/α,β-unsaturated/α-hetero) is 1. The lowest BCUT2D eigenvalue weighted by Gasteiger charge is -2.61. The van der Waals surface area contributed by atoms with Crippen molar-refractivity contribution in [3.05, 3.63) is 0 Å². The smallest absolute Gasteiger partial charge is 0.347 e. The van der Waals surface area contributed by atoms with Crippen LogP contribution in [0.1, 0.15) is 78.6 Å². The maximum atomic E-state index is 13.2. The molecule has 3 unspecified atom stereocenters. The van der Waals surface area contributed by atoms with E-state index in [2.05, 4.69) is 6.92 Å². The molecular formula is C22H32O5. The van der Waals surface area contributed by atoms with E-state index < -0.39 is 17.5 Å². The first-order valence-corrected chi connectivity index (χ1v) is 10.6. The number of ketones is 1. The highest BCUT2D eigenvalue weighted by Gasteiger charge is 2.62. The molecule has 0 aromatic heterocycles. The number of carbonyl (C=O) groups is 3. The lowest BCUT2D eigenvalue weighted by Crippen LogP contribution is -2.56. The van der Waals surface area contributed by atoms with Gasteiger partial charge in [-0.2, -0.15) is 0 Å². The van der Waals surface area contributed by atoms with Crippen LogP contribution >= 0.6 is 0 Å². The summed E-state index contributed by atoms with van der Waals surface area (Å²) in [6.07, 6.45) is 6.92. The topological polar surface area (TPSA) is 69.7 Å². The van der Waals surface area contributed by atoms with Crippen LogP contribution in [0, 0.1) is 28.1 Å². The number of hydrogen-bond donors (Lipinski definition) is 0. The van der Waals surface area contributed by atoms with E-state index in [0.29, 0.717) is 37.1 Å². The third-order valence-corrected chi connectivity index (χ3v) is 7.93. The molecule has 5 nitrogen and oxygen atoms in total. The predicted molar refractivity (Wildman–Crippen MR) is 98.7 cm³/mol. The Bertz CT molecular complexity index is 650. The summed E-state index contributed by atoms with van der Waals surface area (Å²) in [7, 11) is 0. The normalized spacial score (nSPS) is 40.1. The van der Waals surface area contributed by atoms with Crippen molar-refractivity contribution in [1.29, 1.82) is 0 Å². The highest BCUT2D eigenvalue weighted by atomic mass is 16.6. The highest BCUT2D eigenvalue weighted by molar-refractivity contribution is 5.86. The highest BCUT2D eigenvalue weighted by Crippen LogP contribution is 2.67. The third kappa shape index (κ3) is 3.21. The lowest BCUT2D eigenvalue weighted by molar-refractivity contribution is -0.189. The zero-order valence-electron chi connectivity index (χ0n) is 16.8. The first-order chi connectivity index (χ1) is 12.7. The molecule has 150 valence electrons. The molecule has 4 saturated carbocycles. The zero-order valence-corrected chi connectivity index (χ0v) is 16.8. The van der Waals surface area contributed by atoms with Crippen LogP contribution in [0.5, 0.6) is 0 Å². The van der Waals surface area contributed by atoms with Crippen molar-refractivity contribution in [1.82, 2.24) is 0 Å². The quantitative estimate of drug-likeness (QED) is 0.659. The van der Waals surface area contributed by atoms with Crippen LogP contribution in [0.4, 0.5) is 0 Å². The summed E-state index contributed by atoms with van der Waals surface area (Å²) in [5, 5.41) is 0. The Balaban J connectivity index is 1.54. The molecule has 0 radical (unpaired) electrons. The summed E-state index contributed by atoms with van der Waals surface area (Å²) in [5.41, 5.74) is -0.850. The van der Waals surface area contributed by atoms with E-state index in [1.807, 2.05) is 13.8 Å². The van der Waals surface area contributed by atoms with Gasteiger partial charge in [-0.15, -0.1) is 0 Å². The van der Waals surface area contributed by atoms with E-state index in [9.17, 15) is 14.4 Å². The first kappa shape index (κ1) is 18.9. The Hall–Kier alpha value is -1.39. The fourth-order valence-electron chi connectivity index (χ4n) is 6.51. The number of carbonyl (C=O) groups excluding carboxylic acids is 3. The van der Waals surface area contributed by atoms with Crippen LogP contribution in [0.15, 0.2) is 0 Å². The second kappa shape index (κ2) is 6.31. The van der Waals surface area contributed by atoms with Gasteiger partial charge in [-0.25, -0.2) is 4.79 Å². The molecule has 0 aromatic rings. The van der Waals surface area contributed by atoms with E-state index in [1.54, 1.807) is 0 Å². The summed E-state index contributed by atoms with van der Waals surface area (Å²) < 4.78 is 10.6. The van der Waals surface area contributed by atoms with Gasteiger partial charge in [0.2, 0.25) is 6.10 Å². The molecule has 5 fully saturated rings. The van der Waals surface area contributed by atoms with E-state index >= 15 is 0 Å². The summed E-state index contributed by atoms with van der Waals surface area (Å²) in [6, 6.07) is 0. The maximum Gasteiger partial charge on any atom is 0.347 e. The molecular weight excluding hydrogens is 344 g/mol. The average molecular weight is 376 g/mol. The van der Waals surface area contributed by atoms with E-state index in [-0.39, 0.29) is 16.8 Å². The first-order valence-electron chi connectivity index (χ1n) is 10.6. The molecule has 5 aliphatic rings. The van der Waals surface area contributed by atoms with Gasteiger partial charge in [0.15, 0.2) is 0 Å². The van der Waals surface area contributed by atoms with Crippen molar-refractivity contribution in [2.24, 2.45) is 28.1 Å². The van der Waals surface area contributed by atoms with E-state index in [1.165, 1.54) is 6.42 Å². The van der Waals surface area contributed by atoms with Crippen molar-refractivity contribution in [2.75, 3.05) is 6.61 Å². The molecule has 4 aliphatic carbocycles. The second-order valence-corrected chi connectivity index (χ2v) is 10.4. The molecule has 0 amide bonds. The monoisotopic (exact) mass is 376 g/mol. The fraction of sp³-hybridized carbons (Fsp3) is 0.864. The molecule has 3 atom stereocenters. The number of ether oxygens (including phenoxy) is 2. The largest absolute Gasteiger partial charge is 0.463 e. The molecule has 1 aliphatic heterocycles. The van der Waals surface area contributed by atoms with Crippen molar-refractivity contribution in [3.63, 3.8) is 0 Å². The van der Waals surface area contributed by atoms with Crippen LogP contribution < -0.4 is 0 Å². The molecule has 1 heterocycles. The van der Waals surface area contributed by atoms with Gasteiger partial charge >= 0.3 is 11.9 Å². The van der Waals surface area contributed by atoms with Gasteiger partial charge in [0.25, 0.3) is 0 Å². The minimum absolute atomic E-state index is 0.0528. The lowest BCUT2D eigenvalue weighted by atomic mass is 9.43. The maximum absolute atomic E-state index is 13.2. The summed E-state index contributed by atoms with van der Waals surface area (Å²) in [5.74, 6) is 0.711. The van der Waals surface area contributed by atoms with Crippen molar-refractivity contribution in [3.8, 4) is 0 Å². The van der Waals surface area contributed by atoms with E-state index in [0.717, 1.165) is 38.5 Å². The van der Waals surface area contributed by atoms with E-state index in [4.69, 9.17) is 9.47 Å². The molecule has 0 spiro atoms. The molecule has 4 bridgehead atoms. The summed E-state index contributed by atoms with van der Waals surface area (Å²) in [6.45, 7) is 6.47. The molecule has 1 saturated heterocycles. The van der Waals surface area contributed by atoms with Gasteiger partial charge < -0.3 is 9.47 Å². The summed E-state index contributed by atoms with van der Waals surface area (Å²) in [4.78, 5) is 37.9. The van der Waals surface area contributed by atoms with Crippen molar-refractivity contribution in [2.45, 2.75) is 84.7 Å². The number of hydrogen-bond acceptors (Lipinski definition) is 5. The van der Waals surface area contributed by atoms with Crippen LogP contribution in [0.2, 0.25) is 0 Å². The third-order valence-electron chi connectivity index (χ3n) is 7.93. The SMILES string of the molecule is CCC(C)(C)C(=O)CC12CC3CC(C1)CC(C(=O)OC1CCOC1=O)(C3)C2. The average Bonchev–Trinajstić information content (AvgIpc) is 2.98. The number of rotatable bonds is 6. The van der Waals surface area contributed by atoms with Crippen LogP contribution in [0.25, 0.3) is 0 Å². The van der Waals surface area contributed by atoms with Gasteiger partial charge in [0, 0.05) is 18.3 Å². The number of cyclic esters (lactones) is 1. The Morgan fingerprint density at radius 2 is 1.85 bits per heavy atom. The van der Waals surface area contributed by atoms with Crippen LogP contribution in [0.3, 0.4) is 0 Å². The Morgan fingerprint density at radius 3 is 2.41 bits per heavy atom. The molecule has 0 aromatic carbocycles. The second-order valence-electron chi connectivity index (χ2n) is 10.4. The number of esters is 2. The van der Waals surface area contributed by atoms with Gasteiger partial charge in [0.1, 0.15) is 5.78 Å². The van der Waals surface area contributed by atoms with Gasteiger partial charge in [-0.05, 0) is 62.2 Å². The van der Waals surface area contributed by atoms with Crippen LogP contribution in [-0.2, 0) is 23.9 Å². The standard InChI is InChI=1S/C22H32O5/c1-4-20(2,3)17(23)12-21-8-14-7-15(9-21)11-22(10-14,13-21)19(25)27-16-5-6-26-18(16)24/h14-16H,4-13H2,1-3H3.